The second-order valence-electron chi connectivity index (χ2n) is 9.19. The highest BCUT2D eigenvalue weighted by atomic mass is 35.5. The van der Waals surface area contributed by atoms with E-state index >= 15 is 0 Å². The Hall–Kier alpha value is -2.12. The number of halogens is 6. The minimum atomic E-state index is -4.63. The fraction of sp³-hybridized carbons (Fsp3) is 0.714. The first-order valence-electron chi connectivity index (χ1n) is 11.2. The third kappa shape index (κ3) is 5.67. The number of aliphatic hydroxyl groups excluding tert-OH is 1. The number of likely N-dealkylation sites (tertiary alicyclic amines) is 1. The maximum atomic E-state index is 13.7. The zero-order valence-corrected chi connectivity index (χ0v) is 19.5. The van der Waals surface area contributed by atoms with E-state index < -0.39 is 61.3 Å². The first kappa shape index (κ1) is 27.5. The van der Waals surface area contributed by atoms with E-state index in [-0.39, 0.29) is 61.3 Å². The lowest BCUT2D eigenvalue weighted by Gasteiger charge is -2.38. The van der Waals surface area contributed by atoms with Crippen LogP contribution in [0, 0.1) is 0 Å². The molecule has 1 saturated carbocycles. The second kappa shape index (κ2) is 10.1. The van der Waals surface area contributed by atoms with Crippen LogP contribution in [0.4, 0.5) is 22.0 Å². The van der Waals surface area contributed by atoms with E-state index in [2.05, 4.69) is 9.97 Å². The van der Waals surface area contributed by atoms with Gasteiger partial charge in [-0.25, -0.2) is 18.7 Å². The Bertz CT molecular complexity index is 975. The average Bonchev–Trinajstić information content (AvgIpc) is 2.71. The number of rotatable bonds is 5. The van der Waals surface area contributed by atoms with Crippen LogP contribution in [0.25, 0.3) is 0 Å². The number of nitrogens with two attached hydrogens (primary N) is 1. The number of nitrogens with zero attached hydrogens (tertiary/aromatic N) is 4. The van der Waals surface area contributed by atoms with Crippen molar-refractivity contribution in [1.82, 2.24) is 19.8 Å². The Morgan fingerprint density at radius 1 is 1.23 bits per heavy atom. The Balaban J connectivity index is 0.00000342. The predicted octanol–water partition coefficient (Wildman–Crippen LogP) is 2.36. The molecule has 8 nitrogen and oxygen atoms in total. The minimum Gasteiger partial charge on any atom is -0.368 e. The average molecular weight is 528 g/mol. The van der Waals surface area contributed by atoms with E-state index in [1.807, 2.05) is 0 Å². The van der Waals surface area contributed by atoms with Crippen molar-refractivity contribution in [3.63, 3.8) is 0 Å². The van der Waals surface area contributed by atoms with E-state index in [1.165, 1.54) is 4.90 Å². The number of amides is 2. The van der Waals surface area contributed by atoms with E-state index in [1.54, 1.807) is 0 Å². The van der Waals surface area contributed by atoms with Gasteiger partial charge in [0.2, 0.25) is 11.8 Å². The molecule has 0 aromatic carbocycles. The lowest BCUT2D eigenvalue weighted by Crippen LogP contribution is -2.58. The van der Waals surface area contributed by atoms with Crippen LogP contribution in [0.15, 0.2) is 0 Å². The largest absolute Gasteiger partial charge is 0.433 e. The fourth-order valence-corrected chi connectivity index (χ4v) is 4.53. The number of aliphatic hydroxyl groups is 1. The van der Waals surface area contributed by atoms with Gasteiger partial charge in [-0.1, -0.05) is 6.42 Å². The van der Waals surface area contributed by atoms with Gasteiger partial charge in [-0.2, -0.15) is 13.2 Å². The zero-order valence-electron chi connectivity index (χ0n) is 18.7. The first-order chi connectivity index (χ1) is 15.9. The molecule has 4 rings (SSSR count). The number of carbonyl (C=O) groups is 2. The standard InChI is InChI=1S/C21H26F5N5O3.ClH/c22-20(23)6-4-15(32)31(19(20)34)9-12(27)8-16(33)30-7-5-13-14(10-30)28-18(11-2-1-3-11)29-17(13)21(24,25)26;/h11-12,19,34H,1-10,27H2;1H/t12-,19?;/m0./s1. The molecule has 1 saturated heterocycles. The topological polar surface area (TPSA) is 113 Å². The number of fused-ring (bicyclic) bond motifs is 1. The molecule has 3 heterocycles. The molecular weight excluding hydrogens is 501 g/mol. The summed E-state index contributed by atoms with van der Waals surface area (Å²) < 4.78 is 68.3. The predicted molar refractivity (Wildman–Crippen MR) is 114 cm³/mol. The Labute approximate surface area is 204 Å². The molecule has 0 bridgehead atoms. The summed E-state index contributed by atoms with van der Waals surface area (Å²) in [5.74, 6) is -4.64. The minimum absolute atomic E-state index is 0. The highest BCUT2D eigenvalue weighted by Crippen LogP contribution is 2.39. The third-order valence-electron chi connectivity index (χ3n) is 6.71. The smallest absolute Gasteiger partial charge is 0.368 e. The molecule has 1 aromatic rings. The lowest BCUT2D eigenvalue weighted by atomic mass is 9.84. The molecule has 2 atom stereocenters. The number of carbonyl (C=O) groups excluding carboxylic acids is 2. The molecule has 0 radical (unpaired) electrons. The Morgan fingerprint density at radius 3 is 2.51 bits per heavy atom. The summed E-state index contributed by atoms with van der Waals surface area (Å²) in [6.07, 6.45) is -6.25. The summed E-state index contributed by atoms with van der Waals surface area (Å²) in [4.78, 5) is 34.8. The number of hydrogen-bond acceptors (Lipinski definition) is 6. The summed E-state index contributed by atoms with van der Waals surface area (Å²) in [5.41, 5.74) is 5.09. The van der Waals surface area contributed by atoms with Crippen molar-refractivity contribution in [2.45, 2.75) is 81.8 Å². The van der Waals surface area contributed by atoms with Gasteiger partial charge >= 0.3 is 6.18 Å². The Kier molecular flexibility index (Phi) is 7.92. The third-order valence-corrected chi connectivity index (χ3v) is 6.71. The summed E-state index contributed by atoms with van der Waals surface area (Å²) >= 11 is 0. The first-order valence-corrected chi connectivity index (χ1v) is 11.2. The second-order valence-corrected chi connectivity index (χ2v) is 9.19. The number of piperidine rings is 1. The molecular formula is C21H27ClF5N5O3. The molecule has 14 heteroatoms. The van der Waals surface area contributed by atoms with E-state index in [0.29, 0.717) is 17.7 Å². The monoisotopic (exact) mass is 527 g/mol. The van der Waals surface area contributed by atoms with E-state index in [4.69, 9.17) is 5.73 Å². The van der Waals surface area contributed by atoms with Crippen molar-refractivity contribution in [2.75, 3.05) is 13.1 Å². The van der Waals surface area contributed by atoms with Crippen molar-refractivity contribution in [3.05, 3.63) is 22.8 Å². The molecule has 1 aliphatic carbocycles. The molecule has 3 aliphatic rings. The van der Waals surface area contributed by atoms with Crippen LogP contribution in [0.3, 0.4) is 0 Å². The van der Waals surface area contributed by atoms with Crippen molar-refractivity contribution < 1.29 is 36.6 Å². The van der Waals surface area contributed by atoms with Crippen LogP contribution in [0.5, 0.6) is 0 Å². The van der Waals surface area contributed by atoms with Crippen LogP contribution in [-0.4, -0.2) is 68.0 Å². The molecule has 2 amide bonds. The van der Waals surface area contributed by atoms with Crippen molar-refractivity contribution in [3.8, 4) is 0 Å². The van der Waals surface area contributed by atoms with Crippen LogP contribution in [0.2, 0.25) is 0 Å². The molecule has 0 spiro atoms. The molecule has 2 fully saturated rings. The van der Waals surface area contributed by atoms with Crippen molar-refractivity contribution in [2.24, 2.45) is 5.73 Å². The van der Waals surface area contributed by atoms with Gasteiger partial charge in [0.05, 0.1) is 12.2 Å². The Morgan fingerprint density at radius 2 is 1.91 bits per heavy atom. The summed E-state index contributed by atoms with van der Waals surface area (Å²) in [6.45, 7) is -0.593. The number of aromatic nitrogens is 2. The fourth-order valence-electron chi connectivity index (χ4n) is 4.53. The van der Waals surface area contributed by atoms with Crippen LogP contribution < -0.4 is 5.73 Å². The van der Waals surface area contributed by atoms with Gasteiger partial charge in [-0.15, -0.1) is 12.4 Å². The van der Waals surface area contributed by atoms with Gasteiger partial charge in [0.1, 0.15) is 5.82 Å². The van der Waals surface area contributed by atoms with E-state index in [0.717, 1.165) is 6.42 Å². The lowest BCUT2D eigenvalue weighted by molar-refractivity contribution is -0.205. The van der Waals surface area contributed by atoms with Gasteiger partial charge in [0, 0.05) is 49.9 Å². The molecule has 2 aliphatic heterocycles. The van der Waals surface area contributed by atoms with Crippen LogP contribution in [0.1, 0.15) is 67.2 Å². The number of alkyl halides is 5. The van der Waals surface area contributed by atoms with Crippen LogP contribution >= 0.6 is 12.4 Å². The van der Waals surface area contributed by atoms with Gasteiger partial charge in [0.25, 0.3) is 5.92 Å². The maximum Gasteiger partial charge on any atom is 0.433 e. The summed E-state index contributed by atoms with van der Waals surface area (Å²) in [5, 5.41) is 9.79. The van der Waals surface area contributed by atoms with Crippen molar-refractivity contribution in [1.29, 1.82) is 0 Å². The zero-order chi connectivity index (χ0) is 24.8. The van der Waals surface area contributed by atoms with E-state index in [9.17, 15) is 36.6 Å². The molecule has 1 aromatic heterocycles. The molecule has 35 heavy (non-hydrogen) atoms. The highest BCUT2D eigenvalue weighted by Gasteiger charge is 2.48. The molecule has 1 unspecified atom stereocenters. The summed E-state index contributed by atoms with van der Waals surface area (Å²) in [6, 6.07) is -1.04. The van der Waals surface area contributed by atoms with Gasteiger partial charge in [-0.3, -0.25) is 9.59 Å². The highest BCUT2D eigenvalue weighted by molar-refractivity contribution is 5.85. The quantitative estimate of drug-likeness (QED) is 0.569. The van der Waals surface area contributed by atoms with Crippen LogP contribution in [-0.2, 0) is 28.7 Å². The maximum absolute atomic E-state index is 13.7. The van der Waals surface area contributed by atoms with Gasteiger partial charge < -0.3 is 20.6 Å². The van der Waals surface area contributed by atoms with Gasteiger partial charge in [-0.05, 0) is 19.3 Å². The SMILES string of the molecule is Cl.N[C@@H](CC(=O)N1CCc2c(nc(C3CCC3)nc2C(F)(F)F)C1)CN1C(=O)CCC(F)(F)C1O. The summed E-state index contributed by atoms with van der Waals surface area (Å²) in [7, 11) is 0. The van der Waals surface area contributed by atoms with Gasteiger partial charge in [0.15, 0.2) is 11.9 Å². The molecule has 196 valence electrons. The number of hydrogen-bond donors (Lipinski definition) is 2. The van der Waals surface area contributed by atoms with Crippen molar-refractivity contribution >= 4 is 24.2 Å². The molecule has 3 N–H and O–H groups in total. The normalized spacial score (nSPS) is 23.3.